The molecule has 0 aliphatic heterocycles. The number of hydrogen-bond donors (Lipinski definition) is 0. The summed E-state index contributed by atoms with van der Waals surface area (Å²) in [6, 6.07) is 10.5. The highest BCUT2D eigenvalue weighted by molar-refractivity contribution is 7.17. The topological polar surface area (TPSA) is 46.1 Å². The molecule has 2 heterocycles. The average Bonchev–Trinajstić information content (AvgIpc) is 2.96. The minimum atomic E-state index is -0.469. The number of para-hydroxylation sites is 1. The molecule has 0 aliphatic rings. The van der Waals surface area contributed by atoms with E-state index in [1.54, 1.807) is 7.05 Å². The molecule has 0 bridgehead atoms. The Labute approximate surface area is 141 Å². The molecule has 1 aromatic carbocycles. The first-order valence-corrected chi connectivity index (χ1v) is 7.86. The van der Waals surface area contributed by atoms with Crippen molar-refractivity contribution in [1.29, 1.82) is 0 Å². The largest absolute Gasteiger partial charge is 0.311 e. The Morgan fingerprint density at radius 1 is 1.26 bits per heavy atom. The van der Waals surface area contributed by atoms with Crippen molar-refractivity contribution in [3.8, 4) is 10.6 Å². The Kier molecular flexibility index (Phi) is 4.36. The van der Waals surface area contributed by atoms with Gasteiger partial charge in [-0.2, -0.15) is 0 Å². The molecule has 0 saturated carbocycles. The van der Waals surface area contributed by atoms with Crippen LogP contribution in [0.1, 0.15) is 9.67 Å². The SMILES string of the molecule is CN(C(=O)c1sc(-c2cncc(F)c2)nc1Cl)c1ccccc1. The van der Waals surface area contributed by atoms with Crippen LogP contribution in [0.3, 0.4) is 0 Å². The van der Waals surface area contributed by atoms with Gasteiger partial charge in [-0.25, -0.2) is 9.37 Å². The van der Waals surface area contributed by atoms with Crippen molar-refractivity contribution < 1.29 is 9.18 Å². The molecular formula is C16H11ClFN3OS. The summed E-state index contributed by atoms with van der Waals surface area (Å²) in [6.45, 7) is 0. The number of hydrogen-bond acceptors (Lipinski definition) is 4. The van der Waals surface area contributed by atoms with E-state index in [1.807, 2.05) is 30.3 Å². The van der Waals surface area contributed by atoms with E-state index in [0.717, 1.165) is 23.2 Å². The highest BCUT2D eigenvalue weighted by Crippen LogP contribution is 2.32. The van der Waals surface area contributed by atoms with Crippen LogP contribution in [0.4, 0.5) is 10.1 Å². The number of carbonyl (C=O) groups is 1. The molecule has 3 rings (SSSR count). The van der Waals surface area contributed by atoms with Crippen LogP contribution < -0.4 is 4.90 Å². The minimum absolute atomic E-state index is 0.0991. The van der Waals surface area contributed by atoms with Gasteiger partial charge in [0.25, 0.3) is 5.91 Å². The van der Waals surface area contributed by atoms with Crippen molar-refractivity contribution in [2.75, 3.05) is 11.9 Å². The molecule has 3 aromatic rings. The molecule has 116 valence electrons. The summed E-state index contributed by atoms with van der Waals surface area (Å²) in [5.41, 5.74) is 1.23. The van der Waals surface area contributed by atoms with Gasteiger partial charge in [0.05, 0.1) is 6.20 Å². The van der Waals surface area contributed by atoms with E-state index in [1.165, 1.54) is 17.2 Å². The summed E-state index contributed by atoms with van der Waals surface area (Å²) >= 11 is 7.21. The fourth-order valence-corrected chi connectivity index (χ4v) is 3.25. The molecule has 4 nitrogen and oxygen atoms in total. The second-order valence-electron chi connectivity index (χ2n) is 4.73. The zero-order chi connectivity index (χ0) is 16.4. The zero-order valence-corrected chi connectivity index (χ0v) is 13.6. The van der Waals surface area contributed by atoms with Crippen LogP contribution in [-0.4, -0.2) is 22.9 Å². The first-order valence-electron chi connectivity index (χ1n) is 6.66. The molecule has 0 spiro atoms. The number of amides is 1. The third-order valence-electron chi connectivity index (χ3n) is 3.18. The number of anilines is 1. The number of thiazole rings is 1. The molecule has 2 aromatic heterocycles. The molecule has 1 amide bonds. The summed E-state index contributed by atoms with van der Waals surface area (Å²) in [5.74, 6) is -0.739. The first-order chi connectivity index (χ1) is 11.1. The Hall–Kier alpha value is -2.31. The van der Waals surface area contributed by atoms with Gasteiger partial charge in [0.15, 0.2) is 5.15 Å². The van der Waals surface area contributed by atoms with Crippen molar-refractivity contribution in [3.05, 3.63) is 64.6 Å². The summed E-state index contributed by atoms with van der Waals surface area (Å²) in [5, 5.41) is 0.550. The molecular weight excluding hydrogens is 337 g/mol. The van der Waals surface area contributed by atoms with E-state index < -0.39 is 5.82 Å². The number of halogens is 2. The predicted molar refractivity (Wildman–Crippen MR) is 89.5 cm³/mol. The van der Waals surface area contributed by atoms with E-state index in [0.29, 0.717) is 15.4 Å². The third-order valence-corrected chi connectivity index (χ3v) is 4.66. The van der Waals surface area contributed by atoms with Crippen LogP contribution >= 0.6 is 22.9 Å². The Morgan fingerprint density at radius 2 is 2.00 bits per heavy atom. The lowest BCUT2D eigenvalue weighted by Gasteiger charge is -2.16. The maximum absolute atomic E-state index is 13.3. The van der Waals surface area contributed by atoms with Gasteiger partial charge in [-0.3, -0.25) is 9.78 Å². The van der Waals surface area contributed by atoms with Gasteiger partial charge in [-0.05, 0) is 18.2 Å². The lowest BCUT2D eigenvalue weighted by Crippen LogP contribution is -2.25. The smallest absolute Gasteiger partial charge is 0.271 e. The number of nitrogens with zero attached hydrogens (tertiary/aromatic N) is 3. The van der Waals surface area contributed by atoms with E-state index >= 15 is 0 Å². The molecule has 0 aliphatic carbocycles. The van der Waals surface area contributed by atoms with Crippen molar-refractivity contribution in [3.63, 3.8) is 0 Å². The van der Waals surface area contributed by atoms with Crippen molar-refractivity contribution in [1.82, 2.24) is 9.97 Å². The number of rotatable bonds is 3. The molecule has 7 heteroatoms. The van der Waals surface area contributed by atoms with Gasteiger partial charge in [0, 0.05) is 24.5 Å². The second kappa shape index (κ2) is 6.44. The van der Waals surface area contributed by atoms with Gasteiger partial charge in [0.2, 0.25) is 0 Å². The molecule has 0 N–H and O–H groups in total. The summed E-state index contributed by atoms with van der Waals surface area (Å²) in [6.07, 6.45) is 2.58. The Morgan fingerprint density at radius 3 is 2.70 bits per heavy atom. The molecule has 0 unspecified atom stereocenters. The summed E-state index contributed by atoms with van der Waals surface area (Å²) < 4.78 is 13.3. The lowest BCUT2D eigenvalue weighted by atomic mass is 10.3. The standard InChI is InChI=1S/C16H11ClFN3OS/c1-21(12-5-3-2-4-6-12)16(22)13-14(17)20-15(23-13)10-7-11(18)9-19-8-10/h2-9H,1H3. The fraction of sp³-hybridized carbons (Fsp3) is 0.0625. The van der Waals surface area contributed by atoms with Crippen molar-refractivity contribution >= 4 is 34.5 Å². The zero-order valence-electron chi connectivity index (χ0n) is 12.0. The fourth-order valence-electron chi connectivity index (χ4n) is 2.01. The number of carbonyl (C=O) groups excluding carboxylic acids is 1. The number of aromatic nitrogens is 2. The highest BCUT2D eigenvalue weighted by Gasteiger charge is 2.22. The first kappa shape index (κ1) is 15.6. The second-order valence-corrected chi connectivity index (χ2v) is 6.09. The average molecular weight is 348 g/mol. The normalized spacial score (nSPS) is 10.6. The third kappa shape index (κ3) is 3.23. The van der Waals surface area contributed by atoms with Crippen LogP contribution in [0.5, 0.6) is 0 Å². The van der Waals surface area contributed by atoms with Gasteiger partial charge < -0.3 is 4.90 Å². The molecule has 0 saturated heterocycles. The van der Waals surface area contributed by atoms with E-state index in [-0.39, 0.29) is 11.1 Å². The summed E-state index contributed by atoms with van der Waals surface area (Å²) in [4.78, 5) is 22.3. The number of pyridine rings is 1. The molecule has 0 fully saturated rings. The van der Waals surface area contributed by atoms with Crippen molar-refractivity contribution in [2.45, 2.75) is 0 Å². The quantitative estimate of drug-likeness (QED) is 0.710. The predicted octanol–water partition coefficient (Wildman–Crippen LogP) is 4.27. The van der Waals surface area contributed by atoms with E-state index in [4.69, 9.17) is 11.6 Å². The van der Waals surface area contributed by atoms with Crippen molar-refractivity contribution in [2.24, 2.45) is 0 Å². The van der Waals surface area contributed by atoms with Crippen LogP contribution in [0.25, 0.3) is 10.6 Å². The highest BCUT2D eigenvalue weighted by atomic mass is 35.5. The van der Waals surface area contributed by atoms with Gasteiger partial charge >= 0.3 is 0 Å². The van der Waals surface area contributed by atoms with Gasteiger partial charge in [0.1, 0.15) is 15.7 Å². The maximum atomic E-state index is 13.3. The van der Waals surface area contributed by atoms with Gasteiger partial charge in [-0.15, -0.1) is 11.3 Å². The Bertz CT molecular complexity index is 854. The molecule has 0 atom stereocenters. The van der Waals surface area contributed by atoms with Gasteiger partial charge in [-0.1, -0.05) is 29.8 Å². The Balaban J connectivity index is 1.93. The lowest BCUT2D eigenvalue weighted by molar-refractivity contribution is 0.0997. The van der Waals surface area contributed by atoms with E-state index in [9.17, 15) is 9.18 Å². The van der Waals surface area contributed by atoms with E-state index in [2.05, 4.69) is 9.97 Å². The molecule has 0 radical (unpaired) electrons. The van der Waals surface area contributed by atoms with Crippen LogP contribution in [0, 0.1) is 5.82 Å². The van der Waals surface area contributed by atoms with Crippen LogP contribution in [-0.2, 0) is 0 Å². The molecule has 23 heavy (non-hydrogen) atoms. The minimum Gasteiger partial charge on any atom is -0.311 e. The van der Waals surface area contributed by atoms with Crippen LogP contribution in [0.2, 0.25) is 5.15 Å². The maximum Gasteiger partial charge on any atom is 0.271 e. The van der Waals surface area contributed by atoms with Crippen LogP contribution in [0.15, 0.2) is 48.8 Å². The monoisotopic (exact) mass is 347 g/mol. The summed E-state index contributed by atoms with van der Waals surface area (Å²) in [7, 11) is 1.66. The number of benzene rings is 1.